The lowest BCUT2D eigenvalue weighted by Crippen LogP contribution is -2.36. The quantitative estimate of drug-likeness (QED) is 0.794. The van der Waals surface area contributed by atoms with Gasteiger partial charge in [0.05, 0.1) is 5.02 Å². The van der Waals surface area contributed by atoms with Crippen LogP contribution in [0.4, 0.5) is 0 Å². The van der Waals surface area contributed by atoms with Crippen molar-refractivity contribution < 1.29 is 8.42 Å². The van der Waals surface area contributed by atoms with Crippen LogP contribution < -0.4 is 0 Å². The molecule has 1 atom stereocenters. The standard InChI is InChI=1S/C11H15BrClNO2S2/c1-8(7-17-3)14(2)18(15,16)11-5-4-9(12)6-10(11)13/h4-6,8H,7H2,1-3H3. The maximum atomic E-state index is 12.4. The van der Waals surface area contributed by atoms with Crippen molar-refractivity contribution in [3.63, 3.8) is 0 Å². The monoisotopic (exact) mass is 371 g/mol. The van der Waals surface area contributed by atoms with Crippen LogP contribution in [0.2, 0.25) is 5.02 Å². The van der Waals surface area contributed by atoms with Gasteiger partial charge >= 0.3 is 0 Å². The Bertz CT molecular complexity index is 522. The summed E-state index contributed by atoms with van der Waals surface area (Å²) >= 11 is 10.9. The lowest BCUT2D eigenvalue weighted by molar-refractivity contribution is 0.415. The number of thioether (sulfide) groups is 1. The van der Waals surface area contributed by atoms with Gasteiger partial charge in [-0.25, -0.2) is 8.42 Å². The summed E-state index contributed by atoms with van der Waals surface area (Å²) in [7, 11) is -1.96. The summed E-state index contributed by atoms with van der Waals surface area (Å²) in [5.41, 5.74) is 0. The largest absolute Gasteiger partial charge is 0.244 e. The Morgan fingerprint density at radius 3 is 2.61 bits per heavy atom. The van der Waals surface area contributed by atoms with E-state index in [2.05, 4.69) is 15.9 Å². The molecule has 0 radical (unpaired) electrons. The van der Waals surface area contributed by atoms with E-state index in [0.717, 1.165) is 10.2 Å². The molecule has 102 valence electrons. The molecular formula is C11H15BrClNO2S2. The summed E-state index contributed by atoms with van der Waals surface area (Å²) in [5.74, 6) is 0.740. The van der Waals surface area contributed by atoms with Crippen molar-refractivity contribution >= 4 is 49.3 Å². The first-order chi connectivity index (χ1) is 8.30. The Kier molecular flexibility index (Phi) is 5.99. The second kappa shape index (κ2) is 6.61. The van der Waals surface area contributed by atoms with Crippen molar-refractivity contribution in [2.45, 2.75) is 17.9 Å². The zero-order chi connectivity index (χ0) is 13.9. The zero-order valence-electron chi connectivity index (χ0n) is 10.4. The van der Waals surface area contributed by atoms with Crippen LogP contribution in [0.3, 0.4) is 0 Å². The summed E-state index contributed by atoms with van der Waals surface area (Å²) in [4.78, 5) is 0.141. The van der Waals surface area contributed by atoms with Crippen molar-refractivity contribution in [1.82, 2.24) is 4.31 Å². The number of halogens is 2. The highest BCUT2D eigenvalue weighted by molar-refractivity contribution is 9.10. The molecule has 0 aromatic heterocycles. The Labute approximate surface area is 126 Å². The summed E-state index contributed by atoms with van der Waals surface area (Å²) in [5, 5.41) is 0.229. The summed E-state index contributed by atoms with van der Waals surface area (Å²) in [6.45, 7) is 1.88. The fourth-order valence-electron chi connectivity index (χ4n) is 1.42. The summed E-state index contributed by atoms with van der Waals surface area (Å²) < 4.78 is 26.9. The van der Waals surface area contributed by atoms with E-state index in [1.807, 2.05) is 13.2 Å². The third-order valence-electron chi connectivity index (χ3n) is 2.58. The molecule has 0 aliphatic carbocycles. The van der Waals surface area contributed by atoms with Crippen LogP contribution in [0.5, 0.6) is 0 Å². The van der Waals surface area contributed by atoms with Crippen molar-refractivity contribution in [2.75, 3.05) is 19.1 Å². The van der Waals surface area contributed by atoms with E-state index in [-0.39, 0.29) is 16.0 Å². The first-order valence-corrected chi connectivity index (χ1v) is 9.23. The molecule has 1 unspecified atom stereocenters. The molecule has 3 nitrogen and oxygen atoms in total. The third-order valence-corrected chi connectivity index (χ3v) is 6.34. The average molecular weight is 373 g/mol. The van der Waals surface area contributed by atoms with Gasteiger partial charge in [0.15, 0.2) is 0 Å². The molecule has 0 N–H and O–H groups in total. The van der Waals surface area contributed by atoms with Crippen molar-refractivity contribution in [3.05, 3.63) is 27.7 Å². The number of rotatable bonds is 5. The first kappa shape index (κ1) is 16.3. The topological polar surface area (TPSA) is 37.4 Å². The highest BCUT2D eigenvalue weighted by Gasteiger charge is 2.27. The van der Waals surface area contributed by atoms with Gasteiger partial charge in [-0.15, -0.1) is 0 Å². The molecule has 0 bridgehead atoms. The van der Waals surface area contributed by atoms with Crippen LogP contribution in [0.1, 0.15) is 6.92 Å². The molecule has 0 spiro atoms. The summed E-state index contributed by atoms with van der Waals surface area (Å²) in [6, 6.07) is 4.70. The van der Waals surface area contributed by atoms with Gasteiger partial charge in [-0.05, 0) is 31.4 Å². The fourth-order valence-corrected chi connectivity index (χ4v) is 4.59. The lowest BCUT2D eigenvalue weighted by atomic mass is 10.4. The van der Waals surface area contributed by atoms with Gasteiger partial charge in [-0.1, -0.05) is 27.5 Å². The second-order valence-electron chi connectivity index (χ2n) is 3.90. The second-order valence-corrected chi connectivity index (χ2v) is 8.10. The van der Waals surface area contributed by atoms with Gasteiger partial charge in [0.2, 0.25) is 10.0 Å². The van der Waals surface area contributed by atoms with E-state index < -0.39 is 10.0 Å². The molecule has 7 heteroatoms. The predicted molar refractivity (Wildman–Crippen MR) is 81.9 cm³/mol. The number of hydrogen-bond acceptors (Lipinski definition) is 3. The van der Waals surface area contributed by atoms with E-state index in [1.165, 1.54) is 10.4 Å². The van der Waals surface area contributed by atoms with Crippen LogP contribution in [0.15, 0.2) is 27.6 Å². The lowest BCUT2D eigenvalue weighted by Gasteiger charge is -2.24. The molecule has 0 aliphatic heterocycles. The minimum atomic E-state index is -3.54. The van der Waals surface area contributed by atoms with Gasteiger partial charge < -0.3 is 0 Å². The highest BCUT2D eigenvalue weighted by atomic mass is 79.9. The van der Waals surface area contributed by atoms with Crippen LogP contribution in [0, 0.1) is 0 Å². The Hall–Kier alpha value is 0.250. The van der Waals surface area contributed by atoms with Crippen molar-refractivity contribution in [3.8, 4) is 0 Å². The molecule has 0 saturated carbocycles. The van der Waals surface area contributed by atoms with Gasteiger partial charge in [0.25, 0.3) is 0 Å². The molecule has 1 aromatic carbocycles. The smallest absolute Gasteiger partial charge is 0.207 e. The third kappa shape index (κ3) is 3.63. The minimum absolute atomic E-state index is 0.0790. The Morgan fingerprint density at radius 2 is 2.11 bits per heavy atom. The zero-order valence-corrected chi connectivity index (χ0v) is 14.3. The maximum Gasteiger partial charge on any atom is 0.244 e. The van der Waals surface area contributed by atoms with Gasteiger partial charge in [-0.3, -0.25) is 0 Å². The van der Waals surface area contributed by atoms with Crippen molar-refractivity contribution in [2.24, 2.45) is 0 Å². The number of hydrogen-bond donors (Lipinski definition) is 0. The SMILES string of the molecule is CSCC(C)N(C)S(=O)(=O)c1ccc(Br)cc1Cl. The van der Waals surface area contributed by atoms with E-state index >= 15 is 0 Å². The summed E-state index contributed by atoms with van der Waals surface area (Å²) in [6.07, 6.45) is 1.95. The normalized spacial score (nSPS) is 13.9. The maximum absolute atomic E-state index is 12.4. The van der Waals surface area contributed by atoms with E-state index in [9.17, 15) is 8.42 Å². The number of nitrogens with zero attached hydrogens (tertiary/aromatic N) is 1. The molecule has 18 heavy (non-hydrogen) atoms. The predicted octanol–water partition coefficient (Wildman–Crippen LogP) is 3.47. The van der Waals surface area contributed by atoms with Crippen LogP contribution in [-0.4, -0.2) is 37.8 Å². The van der Waals surface area contributed by atoms with Crippen molar-refractivity contribution in [1.29, 1.82) is 0 Å². The van der Waals surface area contributed by atoms with Crippen LogP contribution in [0.25, 0.3) is 0 Å². The molecule has 0 amide bonds. The highest BCUT2D eigenvalue weighted by Crippen LogP contribution is 2.28. The Balaban J connectivity index is 3.13. The molecule has 0 heterocycles. The van der Waals surface area contributed by atoms with E-state index in [4.69, 9.17) is 11.6 Å². The Morgan fingerprint density at radius 1 is 1.50 bits per heavy atom. The van der Waals surface area contributed by atoms with Gasteiger partial charge in [-0.2, -0.15) is 16.1 Å². The minimum Gasteiger partial charge on any atom is -0.207 e. The van der Waals surface area contributed by atoms with Gasteiger partial charge in [0.1, 0.15) is 4.90 Å². The number of benzene rings is 1. The first-order valence-electron chi connectivity index (χ1n) is 5.22. The molecule has 0 fully saturated rings. The van der Waals surface area contributed by atoms with Crippen LogP contribution in [-0.2, 0) is 10.0 Å². The fraction of sp³-hybridized carbons (Fsp3) is 0.455. The van der Waals surface area contributed by atoms with E-state index in [1.54, 1.807) is 30.9 Å². The van der Waals surface area contributed by atoms with Crippen LogP contribution >= 0.6 is 39.3 Å². The molecule has 0 saturated heterocycles. The molecule has 0 aliphatic rings. The number of sulfonamides is 1. The average Bonchev–Trinajstić information content (AvgIpc) is 2.27. The van der Waals surface area contributed by atoms with E-state index in [0.29, 0.717) is 0 Å². The molecule has 1 rings (SSSR count). The van der Waals surface area contributed by atoms with Gasteiger partial charge in [0, 0.05) is 23.3 Å². The molecule has 1 aromatic rings. The molecular weight excluding hydrogens is 358 g/mol.